The third kappa shape index (κ3) is 11.0. The summed E-state index contributed by atoms with van der Waals surface area (Å²) < 4.78 is 95.3. The number of anilines is 2. The van der Waals surface area contributed by atoms with E-state index in [9.17, 15) is 34.7 Å². The second-order valence-corrected chi connectivity index (χ2v) is 24.0. The van der Waals surface area contributed by atoms with Crippen LogP contribution in [0.15, 0.2) is 122 Å². The molecule has 13 nitrogen and oxygen atoms in total. The summed E-state index contributed by atoms with van der Waals surface area (Å²) in [7, 11) is 4.05. The summed E-state index contributed by atoms with van der Waals surface area (Å²) in [6, 6.07) is 16.5. The Balaban J connectivity index is 1.50. The van der Waals surface area contributed by atoms with E-state index in [-0.39, 0.29) is 14.7 Å². The summed E-state index contributed by atoms with van der Waals surface area (Å²) in [5.74, 6) is 0. The van der Waals surface area contributed by atoms with Crippen LogP contribution in [-0.4, -0.2) is 122 Å². The predicted molar refractivity (Wildman–Crippen MR) is 256 cm³/mol. The maximum absolute atomic E-state index is 12.3. The lowest BCUT2D eigenvalue weighted by Crippen LogP contribution is -2.37. The number of nitrogens with one attached hydrogen (secondary N) is 1. The standard InChI is InChI=1S/C48H63N5O8S3/c1-47(2)40-32-38(63(56,57)58)21-23-42(40)50(27-13-29-52(5,6)7)44(47)25-19-34-15-11-16-35(46(34)49-36-17-12-18-37(31-36)62(54)55)20-26-45-48(3,4)41-33-39(64(59,60)61)22-24-43(41)51(45)28-14-30-53(8,9)10/h12,17-26,31-33H,11,13-16,27-30H2,1-10H3,(H-2,54,55,56,57,58,59,60,61)/p+3. The van der Waals surface area contributed by atoms with Gasteiger partial charge in [-0.2, -0.15) is 21.4 Å². The number of hydrogen-bond acceptors (Lipinski definition) is 7. The van der Waals surface area contributed by atoms with E-state index >= 15 is 0 Å². The van der Waals surface area contributed by atoms with Crippen LogP contribution in [0.5, 0.6) is 0 Å². The number of benzene rings is 3. The van der Waals surface area contributed by atoms with Crippen LogP contribution in [0.3, 0.4) is 0 Å². The van der Waals surface area contributed by atoms with Gasteiger partial charge in [-0.05, 0) is 104 Å². The van der Waals surface area contributed by atoms with Gasteiger partial charge < -0.3 is 23.7 Å². The van der Waals surface area contributed by atoms with Gasteiger partial charge in [0.1, 0.15) is 0 Å². The topological polar surface area (TPSA) is 164 Å². The van der Waals surface area contributed by atoms with E-state index in [0.29, 0.717) is 18.8 Å². The van der Waals surface area contributed by atoms with Gasteiger partial charge >= 0.3 is 0 Å². The van der Waals surface area contributed by atoms with E-state index in [0.717, 1.165) is 105 Å². The van der Waals surface area contributed by atoms with Gasteiger partial charge in [0.2, 0.25) is 5.69 Å². The molecule has 4 N–H and O–H groups in total. The highest BCUT2D eigenvalue weighted by molar-refractivity contribution is 7.86. The number of hydrogen-bond donors (Lipinski definition) is 4. The molecule has 64 heavy (non-hydrogen) atoms. The second-order valence-electron chi connectivity index (χ2n) is 20.2. The van der Waals surface area contributed by atoms with E-state index in [1.807, 2.05) is 6.07 Å². The molecule has 3 aromatic carbocycles. The molecule has 16 heteroatoms. The van der Waals surface area contributed by atoms with Gasteiger partial charge in [0.05, 0.1) is 81.9 Å². The molecular weight excluding hydrogens is 871 g/mol. The molecule has 2 heterocycles. The Labute approximate surface area is 383 Å². The van der Waals surface area contributed by atoms with Crippen LogP contribution < -0.4 is 10.2 Å². The molecule has 3 aromatic rings. The first-order valence-corrected chi connectivity index (χ1v) is 25.6. The zero-order chi connectivity index (χ0) is 47.2. The Kier molecular flexibility index (Phi) is 14.0. The quantitative estimate of drug-likeness (QED) is 0.0479. The Morgan fingerprint density at radius 2 is 1.41 bits per heavy atom. The molecular formula is C48H66N5O8S3+3. The molecule has 2 aliphatic heterocycles. The van der Waals surface area contributed by atoms with E-state index in [4.69, 9.17) is 0 Å². The third-order valence-corrected chi connectivity index (χ3v) is 14.8. The lowest BCUT2D eigenvalue weighted by Gasteiger charge is -2.29. The monoisotopic (exact) mass is 936 g/mol. The predicted octanol–water partition coefficient (Wildman–Crippen LogP) is 8.04. The van der Waals surface area contributed by atoms with Crippen molar-refractivity contribution in [2.24, 2.45) is 0 Å². The highest BCUT2D eigenvalue weighted by Gasteiger charge is 2.45. The summed E-state index contributed by atoms with van der Waals surface area (Å²) in [6.07, 6.45) is 12.6. The van der Waals surface area contributed by atoms with Gasteiger partial charge in [-0.15, -0.1) is 0 Å². The van der Waals surface area contributed by atoms with Gasteiger partial charge in [0.25, 0.3) is 20.2 Å². The van der Waals surface area contributed by atoms with Crippen molar-refractivity contribution in [2.45, 2.75) is 85.3 Å². The summed E-state index contributed by atoms with van der Waals surface area (Å²) in [4.78, 5) is 2.23. The number of rotatable bonds is 16. The zero-order valence-electron chi connectivity index (χ0n) is 38.8. The Hall–Kier alpha value is -4.26. The average molecular weight is 937 g/mol. The zero-order valence-corrected chi connectivity index (χ0v) is 41.3. The van der Waals surface area contributed by atoms with Crippen LogP contribution >= 0.6 is 0 Å². The number of quaternary nitrogens is 2. The van der Waals surface area contributed by atoms with E-state index in [1.165, 1.54) is 12.1 Å². The Morgan fingerprint density at radius 1 is 0.781 bits per heavy atom. The fourth-order valence-electron chi connectivity index (χ4n) is 9.12. The summed E-state index contributed by atoms with van der Waals surface area (Å²) in [5.41, 5.74) is 7.66. The summed E-state index contributed by atoms with van der Waals surface area (Å²) >= 11 is -2.19. The maximum atomic E-state index is 12.3. The maximum Gasteiger partial charge on any atom is 0.294 e. The summed E-state index contributed by atoms with van der Waals surface area (Å²) in [5, 5.41) is 3.63. The lowest BCUT2D eigenvalue weighted by atomic mass is 9.81. The van der Waals surface area contributed by atoms with Crippen molar-refractivity contribution in [3.63, 3.8) is 0 Å². The van der Waals surface area contributed by atoms with Gasteiger partial charge in [-0.3, -0.25) is 9.11 Å². The van der Waals surface area contributed by atoms with Crippen molar-refractivity contribution in [3.05, 3.63) is 119 Å². The van der Waals surface area contributed by atoms with Crippen LogP contribution in [0.2, 0.25) is 0 Å². The van der Waals surface area contributed by atoms with Crippen molar-refractivity contribution in [2.75, 3.05) is 78.7 Å². The minimum atomic E-state index is -4.43. The number of allylic oxidation sites excluding steroid dienone is 7. The van der Waals surface area contributed by atoms with Crippen LogP contribution in [0.25, 0.3) is 0 Å². The Bertz CT molecular complexity index is 2740. The van der Waals surface area contributed by atoms with Gasteiger partial charge in [-0.25, -0.2) is 4.21 Å². The molecule has 0 bridgehead atoms. The molecule has 3 aliphatic rings. The van der Waals surface area contributed by atoms with Crippen LogP contribution in [0.1, 0.15) is 70.9 Å². The first kappa shape index (κ1) is 49.2. The molecule has 1 atom stereocenters. The van der Waals surface area contributed by atoms with E-state index in [2.05, 4.69) is 109 Å². The fourth-order valence-corrected chi connectivity index (χ4v) is 10.6. The van der Waals surface area contributed by atoms with Crippen molar-refractivity contribution in [3.8, 4) is 0 Å². The minimum Gasteiger partial charge on any atom is -0.355 e. The molecule has 1 unspecified atom stereocenters. The molecule has 0 aromatic heterocycles. The normalized spacial score (nSPS) is 19.5. The molecule has 0 radical (unpaired) electrons. The van der Waals surface area contributed by atoms with Crippen molar-refractivity contribution < 1.29 is 48.2 Å². The van der Waals surface area contributed by atoms with Crippen molar-refractivity contribution in [1.29, 1.82) is 0 Å². The van der Waals surface area contributed by atoms with Gasteiger partial charge in [0, 0.05) is 58.9 Å². The first-order chi connectivity index (χ1) is 29.6. The van der Waals surface area contributed by atoms with Crippen LogP contribution in [0, 0.1) is 0 Å². The highest BCUT2D eigenvalue weighted by Crippen LogP contribution is 2.49. The number of nitrogens with zero attached hydrogens (tertiary/aromatic N) is 4. The molecule has 6 rings (SSSR count). The minimum absolute atomic E-state index is 0.147. The van der Waals surface area contributed by atoms with Crippen LogP contribution in [-0.2, 0) is 42.1 Å². The second kappa shape index (κ2) is 18.2. The van der Waals surface area contributed by atoms with E-state index < -0.39 is 42.1 Å². The lowest BCUT2D eigenvalue weighted by molar-refractivity contribution is -0.871. The SMILES string of the molecule is CC1(C)C(=CC=C2CCCC(C=CC3=[N+](CCC[N+](C)(C)C)c4ccc(S(=O)(=O)O)cc4C3(C)C)=C2Nc2cccc(S(=O)O)c2)N(CCC[N+](C)(C)C)c2ccc(S(=O)(=O)O)cc21. The molecule has 0 spiro atoms. The largest absolute Gasteiger partial charge is 0.355 e. The molecule has 0 saturated heterocycles. The molecule has 346 valence electrons. The van der Waals surface area contributed by atoms with E-state index in [1.54, 1.807) is 42.5 Å². The molecule has 0 fully saturated rings. The van der Waals surface area contributed by atoms with Crippen molar-refractivity contribution >= 4 is 54.1 Å². The summed E-state index contributed by atoms with van der Waals surface area (Å²) in [6.45, 7) is 11.5. The van der Waals surface area contributed by atoms with Gasteiger partial charge in [0.15, 0.2) is 23.3 Å². The van der Waals surface area contributed by atoms with Crippen molar-refractivity contribution in [1.82, 2.24) is 0 Å². The van der Waals surface area contributed by atoms with Gasteiger partial charge in [-0.1, -0.05) is 32.1 Å². The molecule has 0 amide bonds. The third-order valence-electron chi connectivity index (χ3n) is 12.5. The average Bonchev–Trinajstić information content (AvgIpc) is 3.52. The Morgan fingerprint density at radius 3 is 2.03 bits per heavy atom. The smallest absolute Gasteiger partial charge is 0.294 e. The number of fused-ring (bicyclic) bond motifs is 2. The van der Waals surface area contributed by atoms with Crippen LogP contribution in [0.4, 0.5) is 17.1 Å². The molecule has 1 aliphatic carbocycles. The first-order valence-electron chi connectivity index (χ1n) is 21.7. The fraction of sp³-hybridized carbons (Fsp3) is 0.438. The molecule has 0 saturated carbocycles. The highest BCUT2D eigenvalue weighted by atomic mass is 32.2.